The summed E-state index contributed by atoms with van der Waals surface area (Å²) >= 11 is 12.8. The predicted molar refractivity (Wildman–Crippen MR) is 83.4 cm³/mol. The first-order chi connectivity index (χ1) is 9.81. The average Bonchev–Trinajstić information content (AvgIpc) is 2.36. The van der Waals surface area contributed by atoms with Crippen LogP contribution in [0.5, 0.6) is 0 Å². The maximum atomic E-state index is 12.0. The number of ketones is 1. The Morgan fingerprint density at radius 2 is 2.00 bits per heavy atom. The van der Waals surface area contributed by atoms with E-state index in [1.165, 1.54) is 19.1 Å². The number of aliphatic carboxylic acids is 1. The number of halogens is 2. The zero-order valence-corrected chi connectivity index (χ0v) is 13.4. The highest BCUT2D eigenvalue weighted by Gasteiger charge is 2.19. The molecule has 114 valence electrons. The molecule has 1 atom stereocenters. The van der Waals surface area contributed by atoms with E-state index in [0.29, 0.717) is 10.6 Å². The Hall–Kier alpha value is -1.24. The summed E-state index contributed by atoms with van der Waals surface area (Å²) in [6.45, 7) is 1.24. The van der Waals surface area contributed by atoms with Crippen molar-refractivity contribution >= 4 is 52.6 Å². The third-order valence-corrected chi connectivity index (χ3v) is 4.01. The van der Waals surface area contributed by atoms with Crippen molar-refractivity contribution in [1.82, 2.24) is 5.32 Å². The smallest absolute Gasteiger partial charge is 0.327 e. The Kier molecular flexibility index (Phi) is 7.01. The van der Waals surface area contributed by atoms with Gasteiger partial charge in [0.25, 0.3) is 0 Å². The SMILES string of the molecule is CC(=O)N[C@@H](CSCC(=O)c1ccc(Cl)cc1Cl)C(=O)O. The van der Waals surface area contributed by atoms with Crippen LogP contribution < -0.4 is 5.32 Å². The number of carboxylic acid groups (broad SMARTS) is 1. The third kappa shape index (κ3) is 5.95. The van der Waals surface area contributed by atoms with Crippen LogP contribution in [0.15, 0.2) is 18.2 Å². The van der Waals surface area contributed by atoms with E-state index in [2.05, 4.69) is 5.32 Å². The minimum atomic E-state index is -1.14. The van der Waals surface area contributed by atoms with Crippen LogP contribution in [0, 0.1) is 0 Å². The fraction of sp³-hybridized carbons (Fsp3) is 0.308. The number of nitrogens with one attached hydrogen (secondary N) is 1. The molecule has 1 rings (SSSR count). The lowest BCUT2D eigenvalue weighted by atomic mass is 10.1. The summed E-state index contributed by atoms with van der Waals surface area (Å²) < 4.78 is 0. The minimum Gasteiger partial charge on any atom is -0.480 e. The van der Waals surface area contributed by atoms with Crippen LogP contribution in [0.2, 0.25) is 10.0 Å². The minimum absolute atomic E-state index is 0.0602. The molecule has 0 heterocycles. The topological polar surface area (TPSA) is 83.5 Å². The summed E-state index contributed by atoms with van der Waals surface area (Å²) in [4.78, 5) is 33.8. The van der Waals surface area contributed by atoms with Gasteiger partial charge in [-0.1, -0.05) is 23.2 Å². The number of benzene rings is 1. The van der Waals surface area contributed by atoms with Gasteiger partial charge in [0.05, 0.1) is 10.8 Å². The van der Waals surface area contributed by atoms with Gasteiger partial charge in [0.2, 0.25) is 5.91 Å². The Bertz CT molecular complexity index is 565. The van der Waals surface area contributed by atoms with Crippen LogP contribution in [-0.4, -0.2) is 40.3 Å². The molecule has 0 aromatic heterocycles. The first kappa shape index (κ1) is 17.8. The monoisotopic (exact) mass is 349 g/mol. The van der Waals surface area contributed by atoms with Crippen LogP contribution in [-0.2, 0) is 9.59 Å². The maximum absolute atomic E-state index is 12.0. The van der Waals surface area contributed by atoms with Crippen molar-refractivity contribution in [1.29, 1.82) is 0 Å². The van der Waals surface area contributed by atoms with Gasteiger partial charge < -0.3 is 10.4 Å². The fourth-order valence-corrected chi connectivity index (χ4v) is 2.92. The molecule has 0 unspecified atom stereocenters. The molecule has 0 saturated carbocycles. The van der Waals surface area contributed by atoms with E-state index < -0.39 is 17.9 Å². The molecule has 0 radical (unpaired) electrons. The van der Waals surface area contributed by atoms with E-state index in [0.717, 1.165) is 11.8 Å². The molecule has 21 heavy (non-hydrogen) atoms. The van der Waals surface area contributed by atoms with Crippen LogP contribution in [0.25, 0.3) is 0 Å². The van der Waals surface area contributed by atoms with Crippen LogP contribution >= 0.6 is 35.0 Å². The van der Waals surface area contributed by atoms with E-state index in [1.807, 2.05) is 0 Å². The van der Waals surface area contributed by atoms with Crippen molar-refractivity contribution in [2.75, 3.05) is 11.5 Å². The first-order valence-electron chi connectivity index (χ1n) is 5.87. The summed E-state index contributed by atoms with van der Waals surface area (Å²) in [7, 11) is 0. The number of Topliss-reactive ketones (excluding diaryl/α,β-unsaturated/α-hetero) is 1. The molecule has 1 aromatic rings. The molecular weight excluding hydrogens is 337 g/mol. The van der Waals surface area contributed by atoms with E-state index in [9.17, 15) is 14.4 Å². The lowest BCUT2D eigenvalue weighted by Crippen LogP contribution is -2.41. The molecule has 8 heteroatoms. The quantitative estimate of drug-likeness (QED) is 0.739. The zero-order chi connectivity index (χ0) is 16.0. The lowest BCUT2D eigenvalue weighted by Gasteiger charge is -2.12. The number of hydrogen-bond acceptors (Lipinski definition) is 4. The summed E-state index contributed by atoms with van der Waals surface area (Å²) in [6, 6.07) is 3.53. The van der Waals surface area contributed by atoms with Crippen LogP contribution in [0.3, 0.4) is 0 Å². The normalized spacial score (nSPS) is 11.8. The molecule has 0 spiro atoms. The van der Waals surface area contributed by atoms with E-state index in [-0.39, 0.29) is 22.3 Å². The fourth-order valence-electron chi connectivity index (χ4n) is 1.48. The van der Waals surface area contributed by atoms with E-state index >= 15 is 0 Å². The summed E-state index contributed by atoms with van der Waals surface area (Å²) in [5, 5.41) is 11.9. The lowest BCUT2D eigenvalue weighted by molar-refractivity contribution is -0.140. The summed E-state index contributed by atoms with van der Waals surface area (Å²) in [5.41, 5.74) is 0.333. The van der Waals surface area contributed by atoms with Gasteiger partial charge in [-0.25, -0.2) is 4.79 Å². The highest BCUT2D eigenvalue weighted by atomic mass is 35.5. The molecule has 1 amide bonds. The highest BCUT2D eigenvalue weighted by molar-refractivity contribution is 8.00. The molecule has 0 aliphatic rings. The Morgan fingerprint density at radius 3 is 2.52 bits per heavy atom. The van der Waals surface area contributed by atoms with Gasteiger partial charge in [0.1, 0.15) is 6.04 Å². The number of carbonyl (C=O) groups is 3. The summed E-state index contributed by atoms with van der Waals surface area (Å²) in [6.07, 6.45) is 0. The van der Waals surface area contributed by atoms with Gasteiger partial charge in [-0.05, 0) is 18.2 Å². The van der Waals surface area contributed by atoms with Gasteiger partial charge in [0, 0.05) is 23.3 Å². The standard InChI is InChI=1S/C13H13Cl2NO4S/c1-7(17)16-11(13(19)20)5-21-6-12(18)9-3-2-8(14)4-10(9)15/h2-4,11H,5-6H2,1H3,(H,16,17)(H,19,20)/t11-/m0/s1. The Labute approximate surface area is 136 Å². The maximum Gasteiger partial charge on any atom is 0.327 e. The number of rotatable bonds is 7. The zero-order valence-electron chi connectivity index (χ0n) is 11.1. The Balaban J connectivity index is 2.56. The van der Waals surface area contributed by atoms with Crippen molar-refractivity contribution in [2.24, 2.45) is 0 Å². The molecule has 5 nitrogen and oxygen atoms in total. The second-order valence-corrected chi connectivity index (χ2v) is 6.03. The molecule has 0 fully saturated rings. The molecule has 2 N–H and O–H groups in total. The largest absolute Gasteiger partial charge is 0.480 e. The number of carboxylic acids is 1. The number of hydrogen-bond donors (Lipinski definition) is 2. The number of amides is 1. The second-order valence-electron chi connectivity index (χ2n) is 4.15. The van der Waals surface area contributed by atoms with E-state index in [4.69, 9.17) is 28.3 Å². The summed E-state index contributed by atoms with van der Waals surface area (Å²) in [5.74, 6) is -1.66. The number of carbonyl (C=O) groups excluding carboxylic acids is 2. The number of thioether (sulfide) groups is 1. The predicted octanol–water partition coefficient (Wildman–Crippen LogP) is 2.50. The van der Waals surface area contributed by atoms with Gasteiger partial charge in [-0.3, -0.25) is 9.59 Å². The third-order valence-electron chi connectivity index (χ3n) is 2.42. The first-order valence-corrected chi connectivity index (χ1v) is 7.78. The molecular formula is C13H13Cl2NO4S. The molecule has 0 aliphatic carbocycles. The van der Waals surface area contributed by atoms with Crippen molar-refractivity contribution in [3.63, 3.8) is 0 Å². The van der Waals surface area contributed by atoms with Crippen molar-refractivity contribution in [3.8, 4) is 0 Å². The second kappa shape index (κ2) is 8.26. The Morgan fingerprint density at radius 1 is 1.33 bits per heavy atom. The van der Waals surface area contributed by atoms with Crippen LogP contribution in [0.4, 0.5) is 0 Å². The van der Waals surface area contributed by atoms with Gasteiger partial charge >= 0.3 is 5.97 Å². The van der Waals surface area contributed by atoms with Gasteiger partial charge in [-0.2, -0.15) is 11.8 Å². The molecule has 0 saturated heterocycles. The van der Waals surface area contributed by atoms with Crippen LogP contribution in [0.1, 0.15) is 17.3 Å². The highest BCUT2D eigenvalue weighted by Crippen LogP contribution is 2.22. The van der Waals surface area contributed by atoms with Crippen molar-refractivity contribution in [3.05, 3.63) is 33.8 Å². The van der Waals surface area contributed by atoms with E-state index in [1.54, 1.807) is 6.07 Å². The van der Waals surface area contributed by atoms with Crippen molar-refractivity contribution in [2.45, 2.75) is 13.0 Å². The van der Waals surface area contributed by atoms with Gasteiger partial charge in [-0.15, -0.1) is 0 Å². The van der Waals surface area contributed by atoms with Gasteiger partial charge in [0.15, 0.2) is 5.78 Å². The molecule has 0 aliphatic heterocycles. The van der Waals surface area contributed by atoms with Crippen molar-refractivity contribution < 1.29 is 19.5 Å². The molecule has 0 bridgehead atoms. The molecule has 1 aromatic carbocycles. The average molecular weight is 350 g/mol.